The standard InChI is InChI=1S/C12H18N2S/c1-8(13-7-9-5-6-9)12-14-10-3-2-4-11(10)15-12/h8-9,13H,2-7H2,1H3. The summed E-state index contributed by atoms with van der Waals surface area (Å²) in [5.41, 5.74) is 1.38. The second-order valence-corrected chi connectivity index (χ2v) is 5.96. The van der Waals surface area contributed by atoms with Crippen LogP contribution in [0, 0.1) is 5.92 Å². The van der Waals surface area contributed by atoms with Gasteiger partial charge in [0.1, 0.15) is 5.01 Å². The molecule has 1 aromatic rings. The summed E-state index contributed by atoms with van der Waals surface area (Å²) in [5.74, 6) is 0.958. The fraction of sp³-hybridized carbons (Fsp3) is 0.750. The maximum Gasteiger partial charge on any atom is 0.110 e. The van der Waals surface area contributed by atoms with Gasteiger partial charge in [-0.05, 0) is 51.5 Å². The maximum absolute atomic E-state index is 4.75. The summed E-state index contributed by atoms with van der Waals surface area (Å²) in [6, 6.07) is 0.459. The molecule has 2 nitrogen and oxygen atoms in total. The minimum Gasteiger partial charge on any atom is -0.308 e. The Morgan fingerprint density at radius 3 is 3.07 bits per heavy atom. The third kappa shape index (κ3) is 2.08. The highest BCUT2D eigenvalue weighted by Crippen LogP contribution is 2.32. The van der Waals surface area contributed by atoms with Crippen molar-refractivity contribution in [1.29, 1.82) is 0 Å². The second kappa shape index (κ2) is 3.87. The summed E-state index contributed by atoms with van der Waals surface area (Å²) in [6.07, 6.45) is 6.64. The Labute approximate surface area is 95.1 Å². The summed E-state index contributed by atoms with van der Waals surface area (Å²) < 4.78 is 0. The Kier molecular flexibility index (Phi) is 2.53. The second-order valence-electron chi connectivity index (χ2n) is 4.85. The number of nitrogens with one attached hydrogen (secondary N) is 1. The molecular weight excluding hydrogens is 204 g/mol. The van der Waals surface area contributed by atoms with Crippen LogP contribution in [-0.2, 0) is 12.8 Å². The van der Waals surface area contributed by atoms with E-state index in [1.54, 1.807) is 4.88 Å². The fourth-order valence-electron chi connectivity index (χ4n) is 2.15. The van der Waals surface area contributed by atoms with E-state index in [0.29, 0.717) is 6.04 Å². The number of rotatable bonds is 4. The van der Waals surface area contributed by atoms with Crippen LogP contribution in [0.3, 0.4) is 0 Å². The van der Waals surface area contributed by atoms with E-state index in [1.807, 2.05) is 11.3 Å². The Bertz CT molecular complexity index is 333. The van der Waals surface area contributed by atoms with Gasteiger partial charge in [-0.2, -0.15) is 0 Å². The first-order chi connectivity index (χ1) is 7.33. The molecule has 0 aliphatic heterocycles. The van der Waals surface area contributed by atoms with E-state index >= 15 is 0 Å². The zero-order valence-corrected chi connectivity index (χ0v) is 10.1. The quantitative estimate of drug-likeness (QED) is 0.847. The van der Waals surface area contributed by atoms with Crippen LogP contribution in [0.2, 0.25) is 0 Å². The van der Waals surface area contributed by atoms with Crippen LogP contribution in [0.5, 0.6) is 0 Å². The molecule has 1 aromatic heterocycles. The van der Waals surface area contributed by atoms with Gasteiger partial charge in [0.2, 0.25) is 0 Å². The zero-order valence-electron chi connectivity index (χ0n) is 9.25. The molecule has 0 amide bonds. The first-order valence-electron chi connectivity index (χ1n) is 6.05. The van der Waals surface area contributed by atoms with Gasteiger partial charge >= 0.3 is 0 Å². The highest BCUT2D eigenvalue weighted by molar-refractivity contribution is 7.11. The predicted octanol–water partition coefficient (Wildman–Crippen LogP) is 2.69. The number of hydrogen-bond donors (Lipinski definition) is 1. The molecule has 0 spiro atoms. The highest BCUT2D eigenvalue weighted by atomic mass is 32.1. The molecule has 0 aromatic carbocycles. The normalized spacial score (nSPS) is 21.7. The molecule has 0 bridgehead atoms. The van der Waals surface area contributed by atoms with Crippen molar-refractivity contribution in [2.45, 2.75) is 45.1 Å². The van der Waals surface area contributed by atoms with Gasteiger partial charge in [0.25, 0.3) is 0 Å². The summed E-state index contributed by atoms with van der Waals surface area (Å²) in [4.78, 5) is 6.29. The lowest BCUT2D eigenvalue weighted by molar-refractivity contribution is 0.545. The van der Waals surface area contributed by atoms with Crippen molar-refractivity contribution >= 4 is 11.3 Å². The Morgan fingerprint density at radius 2 is 2.33 bits per heavy atom. The topological polar surface area (TPSA) is 24.9 Å². The molecule has 1 fully saturated rings. The first-order valence-corrected chi connectivity index (χ1v) is 6.86. The molecule has 0 saturated heterocycles. The molecule has 15 heavy (non-hydrogen) atoms. The van der Waals surface area contributed by atoms with Gasteiger partial charge in [-0.3, -0.25) is 0 Å². The molecule has 3 rings (SSSR count). The Balaban J connectivity index is 1.63. The van der Waals surface area contributed by atoms with Gasteiger partial charge in [0.05, 0.1) is 11.7 Å². The summed E-state index contributed by atoms with van der Waals surface area (Å²) in [7, 11) is 0. The minimum atomic E-state index is 0.459. The number of hydrogen-bond acceptors (Lipinski definition) is 3. The van der Waals surface area contributed by atoms with E-state index < -0.39 is 0 Å². The number of aromatic nitrogens is 1. The summed E-state index contributed by atoms with van der Waals surface area (Å²) >= 11 is 1.93. The maximum atomic E-state index is 4.75. The van der Waals surface area contributed by atoms with Gasteiger partial charge < -0.3 is 5.32 Å². The molecule has 1 atom stereocenters. The highest BCUT2D eigenvalue weighted by Gasteiger charge is 2.23. The molecule has 1 heterocycles. The van der Waals surface area contributed by atoms with Crippen LogP contribution in [0.25, 0.3) is 0 Å². The van der Waals surface area contributed by atoms with Crippen molar-refractivity contribution in [3.8, 4) is 0 Å². The van der Waals surface area contributed by atoms with E-state index in [1.165, 1.54) is 49.4 Å². The van der Waals surface area contributed by atoms with Crippen molar-refractivity contribution in [3.05, 3.63) is 15.6 Å². The molecule has 2 aliphatic rings. The van der Waals surface area contributed by atoms with E-state index in [-0.39, 0.29) is 0 Å². The first kappa shape index (κ1) is 9.79. The predicted molar refractivity (Wildman–Crippen MR) is 63.3 cm³/mol. The Morgan fingerprint density at radius 1 is 1.47 bits per heavy atom. The molecule has 0 radical (unpaired) electrons. The van der Waals surface area contributed by atoms with Crippen LogP contribution >= 0.6 is 11.3 Å². The number of aryl methyl sites for hydroxylation is 2. The molecule has 2 aliphatic carbocycles. The molecule has 1 saturated carbocycles. The van der Waals surface area contributed by atoms with E-state index in [2.05, 4.69) is 12.2 Å². The minimum absolute atomic E-state index is 0.459. The van der Waals surface area contributed by atoms with Gasteiger partial charge in [0, 0.05) is 4.88 Å². The summed E-state index contributed by atoms with van der Waals surface area (Å²) in [5, 5.41) is 4.90. The van der Waals surface area contributed by atoms with Crippen molar-refractivity contribution in [3.63, 3.8) is 0 Å². The third-order valence-corrected chi connectivity index (χ3v) is 4.73. The van der Waals surface area contributed by atoms with E-state index in [0.717, 1.165) is 5.92 Å². The number of nitrogens with zero attached hydrogens (tertiary/aromatic N) is 1. The van der Waals surface area contributed by atoms with E-state index in [4.69, 9.17) is 4.98 Å². The monoisotopic (exact) mass is 222 g/mol. The van der Waals surface area contributed by atoms with E-state index in [9.17, 15) is 0 Å². The third-order valence-electron chi connectivity index (χ3n) is 3.39. The molecule has 1 unspecified atom stereocenters. The summed E-state index contributed by atoms with van der Waals surface area (Å²) in [6.45, 7) is 3.43. The van der Waals surface area contributed by atoms with Crippen molar-refractivity contribution in [1.82, 2.24) is 10.3 Å². The lowest BCUT2D eigenvalue weighted by atomic mass is 10.3. The number of fused-ring (bicyclic) bond motifs is 1. The zero-order chi connectivity index (χ0) is 10.3. The van der Waals surface area contributed by atoms with Crippen LogP contribution in [-0.4, -0.2) is 11.5 Å². The molecule has 3 heteroatoms. The van der Waals surface area contributed by atoms with Crippen LogP contribution < -0.4 is 5.32 Å². The fourth-order valence-corrected chi connectivity index (χ4v) is 3.33. The van der Waals surface area contributed by atoms with Crippen LogP contribution in [0.1, 0.15) is 47.8 Å². The SMILES string of the molecule is CC(NCC1CC1)c1nc2c(s1)CCC2. The van der Waals surface area contributed by atoms with Gasteiger partial charge in [0.15, 0.2) is 0 Å². The van der Waals surface area contributed by atoms with Gasteiger partial charge in [-0.25, -0.2) is 4.98 Å². The van der Waals surface area contributed by atoms with Crippen molar-refractivity contribution < 1.29 is 0 Å². The van der Waals surface area contributed by atoms with Crippen LogP contribution in [0.4, 0.5) is 0 Å². The van der Waals surface area contributed by atoms with Crippen molar-refractivity contribution in [2.24, 2.45) is 5.92 Å². The van der Waals surface area contributed by atoms with Gasteiger partial charge in [-0.15, -0.1) is 11.3 Å². The van der Waals surface area contributed by atoms with Crippen LogP contribution in [0.15, 0.2) is 0 Å². The van der Waals surface area contributed by atoms with Gasteiger partial charge in [-0.1, -0.05) is 0 Å². The lowest BCUT2D eigenvalue weighted by Gasteiger charge is -2.10. The van der Waals surface area contributed by atoms with Crippen molar-refractivity contribution in [2.75, 3.05) is 6.54 Å². The largest absolute Gasteiger partial charge is 0.308 e. The Hall–Kier alpha value is -0.410. The lowest BCUT2D eigenvalue weighted by Crippen LogP contribution is -2.20. The molecular formula is C12H18N2S. The average Bonchev–Trinajstić information content (AvgIpc) is 2.79. The molecule has 1 N–H and O–H groups in total. The molecule has 82 valence electrons. The number of thiazole rings is 1. The smallest absolute Gasteiger partial charge is 0.110 e. The average molecular weight is 222 g/mol.